The lowest BCUT2D eigenvalue weighted by molar-refractivity contribution is -0.120. The highest BCUT2D eigenvalue weighted by atomic mass is 32.2. The minimum absolute atomic E-state index is 0.0464. The molecule has 3 N–H and O–H groups in total. The van der Waals surface area contributed by atoms with Crippen LogP contribution in [-0.4, -0.2) is 23.7 Å². The van der Waals surface area contributed by atoms with E-state index >= 15 is 0 Å². The number of hydrogen-bond donors (Lipinski definition) is 2. The largest absolute Gasteiger partial charge is 0.397 e. The molecule has 0 saturated heterocycles. The van der Waals surface area contributed by atoms with E-state index in [4.69, 9.17) is 5.73 Å². The average Bonchev–Trinajstić information content (AvgIpc) is 2.20. The molecule has 4 nitrogen and oxygen atoms in total. The van der Waals surface area contributed by atoms with E-state index in [0.29, 0.717) is 12.1 Å². The first-order chi connectivity index (χ1) is 6.74. The third kappa shape index (κ3) is 3.26. The van der Waals surface area contributed by atoms with Crippen molar-refractivity contribution in [3.05, 3.63) is 18.5 Å². The Balaban J connectivity index is 2.39. The van der Waals surface area contributed by atoms with Gasteiger partial charge in [0.2, 0.25) is 5.91 Å². The van der Waals surface area contributed by atoms with Crippen molar-refractivity contribution in [3.8, 4) is 0 Å². The fourth-order valence-corrected chi connectivity index (χ4v) is 1.79. The van der Waals surface area contributed by atoms with Crippen LogP contribution in [0.1, 0.15) is 6.42 Å². The van der Waals surface area contributed by atoms with Crippen molar-refractivity contribution in [1.29, 1.82) is 0 Å². The van der Waals surface area contributed by atoms with E-state index in [0.717, 1.165) is 10.6 Å². The highest BCUT2D eigenvalue weighted by Crippen LogP contribution is 2.23. The SMILES string of the molecule is CNC(=O)CCSc1ccncc1N. The molecule has 1 aromatic heterocycles. The van der Waals surface area contributed by atoms with Crippen molar-refractivity contribution in [3.63, 3.8) is 0 Å². The first-order valence-electron chi connectivity index (χ1n) is 4.27. The number of nitrogens with one attached hydrogen (secondary N) is 1. The van der Waals surface area contributed by atoms with Crippen LogP contribution in [0.25, 0.3) is 0 Å². The molecule has 1 heterocycles. The number of nitrogens with zero attached hydrogens (tertiary/aromatic N) is 1. The molecule has 14 heavy (non-hydrogen) atoms. The van der Waals surface area contributed by atoms with Crippen LogP contribution in [-0.2, 0) is 4.79 Å². The number of hydrogen-bond acceptors (Lipinski definition) is 4. The summed E-state index contributed by atoms with van der Waals surface area (Å²) in [6.45, 7) is 0. The van der Waals surface area contributed by atoms with Gasteiger partial charge in [-0.05, 0) is 6.07 Å². The smallest absolute Gasteiger partial charge is 0.220 e. The Labute approximate surface area is 87.3 Å². The van der Waals surface area contributed by atoms with Crippen molar-refractivity contribution < 1.29 is 4.79 Å². The molecule has 5 heteroatoms. The molecule has 0 fully saturated rings. The number of nitrogens with two attached hydrogens (primary N) is 1. The number of pyridine rings is 1. The molecule has 1 amide bonds. The Morgan fingerprint density at radius 2 is 2.50 bits per heavy atom. The van der Waals surface area contributed by atoms with Crippen LogP contribution in [0.15, 0.2) is 23.4 Å². The van der Waals surface area contributed by atoms with Crippen LogP contribution in [0, 0.1) is 0 Å². The van der Waals surface area contributed by atoms with E-state index in [2.05, 4.69) is 10.3 Å². The molecule has 0 aromatic carbocycles. The molecule has 0 spiro atoms. The Hall–Kier alpha value is -1.23. The molecule has 0 radical (unpaired) electrons. The van der Waals surface area contributed by atoms with Crippen LogP contribution in [0.4, 0.5) is 5.69 Å². The van der Waals surface area contributed by atoms with Gasteiger partial charge in [-0.15, -0.1) is 11.8 Å². The molecule has 0 aliphatic heterocycles. The number of thioether (sulfide) groups is 1. The first kappa shape index (κ1) is 10.8. The molecule has 1 rings (SSSR count). The van der Waals surface area contributed by atoms with Gasteiger partial charge in [-0.25, -0.2) is 0 Å². The van der Waals surface area contributed by atoms with Gasteiger partial charge in [0.25, 0.3) is 0 Å². The van der Waals surface area contributed by atoms with E-state index < -0.39 is 0 Å². The molecule has 0 bridgehead atoms. The van der Waals surface area contributed by atoms with E-state index in [9.17, 15) is 4.79 Å². The lowest BCUT2D eigenvalue weighted by Crippen LogP contribution is -2.17. The summed E-state index contributed by atoms with van der Waals surface area (Å²) in [5.74, 6) is 0.776. The van der Waals surface area contributed by atoms with Crippen molar-refractivity contribution >= 4 is 23.4 Å². The topological polar surface area (TPSA) is 68.0 Å². The van der Waals surface area contributed by atoms with Gasteiger partial charge in [0.15, 0.2) is 0 Å². The minimum atomic E-state index is 0.0464. The van der Waals surface area contributed by atoms with Gasteiger partial charge >= 0.3 is 0 Å². The summed E-state index contributed by atoms with van der Waals surface area (Å²) in [5, 5.41) is 2.57. The van der Waals surface area contributed by atoms with E-state index in [1.165, 1.54) is 0 Å². The Morgan fingerprint density at radius 3 is 3.14 bits per heavy atom. The monoisotopic (exact) mass is 211 g/mol. The van der Waals surface area contributed by atoms with Gasteiger partial charge < -0.3 is 11.1 Å². The van der Waals surface area contributed by atoms with E-state index in [1.54, 1.807) is 31.2 Å². The van der Waals surface area contributed by atoms with Gasteiger partial charge in [0, 0.05) is 30.3 Å². The number of carbonyl (C=O) groups is 1. The van der Waals surface area contributed by atoms with Gasteiger partial charge in [-0.2, -0.15) is 0 Å². The molecule has 0 aliphatic carbocycles. The Morgan fingerprint density at radius 1 is 1.71 bits per heavy atom. The van der Waals surface area contributed by atoms with E-state index in [1.807, 2.05) is 6.07 Å². The minimum Gasteiger partial charge on any atom is -0.397 e. The molecule has 0 aliphatic rings. The molecule has 1 aromatic rings. The van der Waals surface area contributed by atoms with Crippen molar-refractivity contribution in [2.75, 3.05) is 18.5 Å². The summed E-state index contributed by atoms with van der Waals surface area (Å²) >= 11 is 1.56. The molecule has 0 saturated carbocycles. The number of carbonyl (C=O) groups excluding carboxylic acids is 1. The quantitative estimate of drug-likeness (QED) is 0.726. The number of nitrogen functional groups attached to an aromatic ring is 1. The van der Waals surface area contributed by atoms with Gasteiger partial charge in [0.05, 0.1) is 11.9 Å². The predicted molar refractivity (Wildman–Crippen MR) is 58.1 cm³/mol. The molecule has 0 atom stereocenters. The summed E-state index contributed by atoms with van der Waals surface area (Å²) in [6.07, 6.45) is 3.81. The lowest BCUT2D eigenvalue weighted by Gasteiger charge is -2.03. The first-order valence-corrected chi connectivity index (χ1v) is 5.25. The number of aromatic nitrogens is 1. The zero-order valence-corrected chi connectivity index (χ0v) is 8.80. The highest BCUT2D eigenvalue weighted by molar-refractivity contribution is 7.99. The fraction of sp³-hybridized carbons (Fsp3) is 0.333. The van der Waals surface area contributed by atoms with Gasteiger partial charge in [-0.3, -0.25) is 9.78 Å². The second-order valence-corrected chi connectivity index (χ2v) is 3.82. The van der Waals surface area contributed by atoms with Crippen LogP contribution < -0.4 is 11.1 Å². The third-order valence-electron chi connectivity index (χ3n) is 1.68. The fourth-order valence-electron chi connectivity index (χ4n) is 0.904. The third-order valence-corrected chi connectivity index (χ3v) is 2.77. The van der Waals surface area contributed by atoms with Crippen molar-refractivity contribution in [2.45, 2.75) is 11.3 Å². The Kier molecular flexibility index (Phi) is 4.25. The molecular weight excluding hydrogens is 198 g/mol. The summed E-state index contributed by atoms with van der Waals surface area (Å²) < 4.78 is 0. The van der Waals surface area contributed by atoms with Gasteiger partial charge in [-0.1, -0.05) is 0 Å². The van der Waals surface area contributed by atoms with E-state index in [-0.39, 0.29) is 5.91 Å². The molecule has 76 valence electrons. The standard InChI is InChI=1S/C9H13N3OS/c1-11-9(13)3-5-14-8-2-4-12-6-7(8)10/h2,4,6H,3,5,10H2,1H3,(H,11,13). The van der Waals surface area contributed by atoms with Crippen LogP contribution in [0.3, 0.4) is 0 Å². The maximum absolute atomic E-state index is 10.9. The Bertz CT molecular complexity index is 317. The summed E-state index contributed by atoms with van der Waals surface area (Å²) in [7, 11) is 1.63. The highest BCUT2D eigenvalue weighted by Gasteiger charge is 2.01. The molecular formula is C9H13N3OS. The summed E-state index contributed by atoms with van der Waals surface area (Å²) in [6, 6.07) is 1.85. The number of amides is 1. The van der Waals surface area contributed by atoms with Crippen LogP contribution >= 0.6 is 11.8 Å². The predicted octanol–water partition coefficient (Wildman–Crippen LogP) is 0.892. The second-order valence-electron chi connectivity index (χ2n) is 2.69. The maximum atomic E-state index is 10.9. The van der Waals surface area contributed by atoms with Crippen LogP contribution in [0.5, 0.6) is 0 Å². The zero-order valence-electron chi connectivity index (χ0n) is 7.99. The summed E-state index contributed by atoms with van der Waals surface area (Å²) in [5.41, 5.74) is 6.35. The van der Waals surface area contributed by atoms with Crippen LogP contribution in [0.2, 0.25) is 0 Å². The normalized spacial score (nSPS) is 9.79. The number of anilines is 1. The average molecular weight is 211 g/mol. The maximum Gasteiger partial charge on any atom is 0.220 e. The number of rotatable bonds is 4. The van der Waals surface area contributed by atoms with Gasteiger partial charge in [0.1, 0.15) is 0 Å². The second kappa shape index (κ2) is 5.49. The zero-order chi connectivity index (χ0) is 10.4. The van der Waals surface area contributed by atoms with Crippen molar-refractivity contribution in [1.82, 2.24) is 10.3 Å². The lowest BCUT2D eigenvalue weighted by atomic mass is 10.4. The van der Waals surface area contributed by atoms with Crippen molar-refractivity contribution in [2.24, 2.45) is 0 Å². The molecule has 0 unspecified atom stereocenters. The summed E-state index contributed by atoms with van der Waals surface area (Å²) in [4.78, 5) is 15.8.